The maximum Gasteiger partial charge on any atom is 0.241 e. The van der Waals surface area contributed by atoms with Crippen LogP contribution in [0, 0.1) is 0 Å². The Morgan fingerprint density at radius 2 is 2.43 bits per heavy atom. The molecule has 1 rings (SSSR count). The molecule has 0 aromatic carbocycles. The highest BCUT2D eigenvalue weighted by Crippen LogP contribution is 2.10. The van der Waals surface area contributed by atoms with Crippen molar-refractivity contribution in [3.63, 3.8) is 0 Å². The number of nitrogens with two attached hydrogens (primary N) is 1. The molecule has 0 spiro atoms. The van der Waals surface area contributed by atoms with Gasteiger partial charge in [-0.25, -0.2) is 4.98 Å². The molecule has 0 saturated heterocycles. The number of halogens is 1. The number of carbonyl (C=O) groups excluding carboxylic acids is 1. The lowest BCUT2D eigenvalue weighted by molar-refractivity contribution is -0.117. The molecule has 0 aliphatic rings. The van der Waals surface area contributed by atoms with Crippen LogP contribution in [0.3, 0.4) is 0 Å². The van der Waals surface area contributed by atoms with Gasteiger partial charge in [-0.05, 0) is 34.5 Å². The highest BCUT2D eigenvalue weighted by atomic mass is 79.9. The topological polar surface area (TPSA) is 68.0 Å². The number of amides is 1. The summed E-state index contributed by atoms with van der Waals surface area (Å²) in [6.07, 6.45) is 2.19. The molecule has 1 amide bonds. The van der Waals surface area contributed by atoms with Crippen LogP contribution >= 0.6 is 15.9 Å². The summed E-state index contributed by atoms with van der Waals surface area (Å²) in [6, 6.07) is 3.06. The van der Waals surface area contributed by atoms with Gasteiger partial charge in [0.2, 0.25) is 5.91 Å². The fraction of sp³-hybridized carbons (Fsp3) is 0.333. The first-order chi connectivity index (χ1) is 6.63. The van der Waals surface area contributed by atoms with E-state index < -0.39 is 6.04 Å². The molecule has 0 saturated carbocycles. The fourth-order valence-electron chi connectivity index (χ4n) is 0.870. The summed E-state index contributed by atoms with van der Waals surface area (Å²) >= 11 is 3.21. The van der Waals surface area contributed by atoms with E-state index >= 15 is 0 Å². The third-order valence-electron chi connectivity index (χ3n) is 1.77. The van der Waals surface area contributed by atoms with Gasteiger partial charge < -0.3 is 11.1 Å². The lowest BCUT2D eigenvalue weighted by atomic mass is 10.2. The van der Waals surface area contributed by atoms with Crippen molar-refractivity contribution < 1.29 is 4.79 Å². The minimum absolute atomic E-state index is 0.184. The minimum Gasteiger partial charge on any atom is -0.323 e. The first-order valence-corrected chi connectivity index (χ1v) is 5.10. The maximum atomic E-state index is 11.4. The molecular weight excluding hydrogens is 246 g/mol. The lowest BCUT2D eigenvalue weighted by Crippen LogP contribution is -2.34. The standard InChI is InChI=1S/C9H12BrN3O/c1-2-7(11)9(14)13-6-3-4-8(10)12-5-6/h3-5,7H,2,11H2,1H3,(H,13,14). The zero-order valence-electron chi connectivity index (χ0n) is 7.83. The third-order valence-corrected chi connectivity index (χ3v) is 2.24. The monoisotopic (exact) mass is 257 g/mol. The van der Waals surface area contributed by atoms with E-state index in [4.69, 9.17) is 5.73 Å². The van der Waals surface area contributed by atoms with Gasteiger partial charge in [-0.15, -0.1) is 0 Å². The molecule has 4 nitrogen and oxygen atoms in total. The van der Waals surface area contributed by atoms with Crippen LogP contribution in [-0.4, -0.2) is 16.9 Å². The Balaban J connectivity index is 2.60. The van der Waals surface area contributed by atoms with E-state index in [0.29, 0.717) is 12.1 Å². The van der Waals surface area contributed by atoms with Gasteiger partial charge in [0.05, 0.1) is 17.9 Å². The van der Waals surface area contributed by atoms with E-state index in [0.717, 1.165) is 4.60 Å². The molecule has 0 fully saturated rings. The second kappa shape index (κ2) is 5.07. The Kier molecular flexibility index (Phi) is 4.03. The number of anilines is 1. The molecule has 1 aromatic rings. The molecule has 76 valence electrons. The number of nitrogens with zero attached hydrogens (tertiary/aromatic N) is 1. The van der Waals surface area contributed by atoms with Crippen LogP contribution in [0.1, 0.15) is 13.3 Å². The Bertz CT molecular complexity index is 312. The van der Waals surface area contributed by atoms with Crippen LogP contribution in [0.4, 0.5) is 5.69 Å². The molecule has 1 unspecified atom stereocenters. The van der Waals surface area contributed by atoms with Crippen molar-refractivity contribution in [2.24, 2.45) is 5.73 Å². The highest BCUT2D eigenvalue weighted by molar-refractivity contribution is 9.10. The summed E-state index contributed by atoms with van der Waals surface area (Å²) in [5.41, 5.74) is 6.21. The van der Waals surface area contributed by atoms with Gasteiger partial charge in [-0.1, -0.05) is 6.92 Å². The van der Waals surface area contributed by atoms with E-state index in [9.17, 15) is 4.79 Å². The Labute approximate surface area is 91.0 Å². The number of rotatable bonds is 3. The molecule has 1 heterocycles. The second-order valence-corrected chi connectivity index (χ2v) is 3.69. The quantitative estimate of drug-likeness (QED) is 0.807. The largest absolute Gasteiger partial charge is 0.323 e. The summed E-state index contributed by atoms with van der Waals surface area (Å²) in [7, 11) is 0. The number of nitrogens with one attached hydrogen (secondary N) is 1. The molecule has 0 bridgehead atoms. The van der Waals surface area contributed by atoms with Gasteiger partial charge in [0.15, 0.2) is 0 Å². The molecule has 3 N–H and O–H groups in total. The normalized spacial score (nSPS) is 12.2. The van der Waals surface area contributed by atoms with Gasteiger partial charge >= 0.3 is 0 Å². The zero-order chi connectivity index (χ0) is 10.6. The first-order valence-electron chi connectivity index (χ1n) is 4.31. The van der Waals surface area contributed by atoms with Gasteiger partial charge in [0.1, 0.15) is 4.60 Å². The SMILES string of the molecule is CCC(N)C(=O)Nc1ccc(Br)nc1. The van der Waals surface area contributed by atoms with Crippen LogP contribution in [-0.2, 0) is 4.79 Å². The summed E-state index contributed by atoms with van der Waals surface area (Å²) in [4.78, 5) is 15.3. The number of aromatic nitrogens is 1. The van der Waals surface area contributed by atoms with Crippen LogP contribution in [0.15, 0.2) is 22.9 Å². The third kappa shape index (κ3) is 3.08. The number of hydrogen-bond acceptors (Lipinski definition) is 3. The van der Waals surface area contributed by atoms with E-state index in [1.807, 2.05) is 6.92 Å². The van der Waals surface area contributed by atoms with Gasteiger partial charge in [-0.3, -0.25) is 4.79 Å². The van der Waals surface area contributed by atoms with Gasteiger partial charge in [-0.2, -0.15) is 0 Å². The first kappa shape index (κ1) is 11.1. The molecule has 0 radical (unpaired) electrons. The predicted octanol–water partition coefficient (Wildman–Crippen LogP) is 1.52. The van der Waals surface area contributed by atoms with Crippen molar-refractivity contribution in [3.8, 4) is 0 Å². The molecule has 1 aromatic heterocycles. The lowest BCUT2D eigenvalue weighted by Gasteiger charge is -2.09. The number of carbonyl (C=O) groups is 1. The highest BCUT2D eigenvalue weighted by Gasteiger charge is 2.10. The number of hydrogen-bond donors (Lipinski definition) is 2. The van der Waals surface area contributed by atoms with Crippen molar-refractivity contribution in [2.75, 3.05) is 5.32 Å². The fourth-order valence-corrected chi connectivity index (χ4v) is 1.10. The smallest absolute Gasteiger partial charge is 0.241 e. The van der Waals surface area contributed by atoms with Crippen molar-refractivity contribution in [2.45, 2.75) is 19.4 Å². The van der Waals surface area contributed by atoms with Crippen LogP contribution in [0.25, 0.3) is 0 Å². The maximum absolute atomic E-state index is 11.4. The van der Waals surface area contributed by atoms with Crippen LogP contribution < -0.4 is 11.1 Å². The molecule has 1 atom stereocenters. The van der Waals surface area contributed by atoms with E-state index in [2.05, 4.69) is 26.2 Å². The van der Waals surface area contributed by atoms with Crippen molar-refractivity contribution >= 4 is 27.5 Å². The number of pyridine rings is 1. The minimum atomic E-state index is -0.460. The van der Waals surface area contributed by atoms with Gasteiger partial charge in [0, 0.05) is 0 Å². The Morgan fingerprint density at radius 3 is 2.93 bits per heavy atom. The molecule has 5 heteroatoms. The second-order valence-electron chi connectivity index (χ2n) is 2.87. The van der Waals surface area contributed by atoms with Crippen molar-refractivity contribution in [1.29, 1.82) is 0 Å². The summed E-state index contributed by atoms with van der Waals surface area (Å²) in [5.74, 6) is -0.184. The Morgan fingerprint density at radius 1 is 1.71 bits per heavy atom. The van der Waals surface area contributed by atoms with E-state index in [-0.39, 0.29) is 5.91 Å². The average Bonchev–Trinajstić information content (AvgIpc) is 2.20. The molecule has 0 aliphatic carbocycles. The predicted molar refractivity (Wildman–Crippen MR) is 58.8 cm³/mol. The average molecular weight is 258 g/mol. The summed E-state index contributed by atoms with van der Waals surface area (Å²) in [6.45, 7) is 1.87. The molecule has 0 aliphatic heterocycles. The van der Waals surface area contributed by atoms with Crippen molar-refractivity contribution in [1.82, 2.24) is 4.98 Å². The zero-order valence-corrected chi connectivity index (χ0v) is 9.41. The molecule has 14 heavy (non-hydrogen) atoms. The van der Waals surface area contributed by atoms with E-state index in [1.54, 1.807) is 18.3 Å². The molecular formula is C9H12BrN3O. The van der Waals surface area contributed by atoms with Gasteiger partial charge in [0.25, 0.3) is 0 Å². The van der Waals surface area contributed by atoms with E-state index in [1.165, 1.54) is 0 Å². The van der Waals surface area contributed by atoms with Crippen LogP contribution in [0.5, 0.6) is 0 Å². The summed E-state index contributed by atoms with van der Waals surface area (Å²) in [5, 5.41) is 2.67. The Hall–Kier alpha value is -0.940. The summed E-state index contributed by atoms with van der Waals surface area (Å²) < 4.78 is 0.732. The van der Waals surface area contributed by atoms with Crippen LogP contribution in [0.2, 0.25) is 0 Å². The van der Waals surface area contributed by atoms with Crippen molar-refractivity contribution in [3.05, 3.63) is 22.9 Å².